The minimum atomic E-state index is -0.698. The summed E-state index contributed by atoms with van der Waals surface area (Å²) in [6.07, 6.45) is 0. The minimum absolute atomic E-state index is 0.00398. The van der Waals surface area contributed by atoms with Gasteiger partial charge in [-0.2, -0.15) is 10.5 Å². The fourth-order valence-corrected chi connectivity index (χ4v) is 12.0. The van der Waals surface area contributed by atoms with E-state index in [4.69, 9.17) is 8.22 Å². The van der Waals surface area contributed by atoms with Gasteiger partial charge in [0.25, 0.3) is 0 Å². The van der Waals surface area contributed by atoms with Crippen molar-refractivity contribution < 1.29 is 13.7 Å². The van der Waals surface area contributed by atoms with Crippen LogP contribution in [-0.4, -0.2) is 9.13 Å². The van der Waals surface area contributed by atoms with Gasteiger partial charge < -0.3 is 9.13 Å². The van der Waals surface area contributed by atoms with Crippen molar-refractivity contribution in [3.63, 3.8) is 0 Å². The summed E-state index contributed by atoms with van der Waals surface area (Å²) in [5.41, 5.74) is 0.562. The van der Waals surface area contributed by atoms with Crippen molar-refractivity contribution in [1.29, 1.82) is 10.5 Å². The van der Waals surface area contributed by atoms with E-state index in [-0.39, 0.29) is 33.6 Å². The highest BCUT2D eigenvalue weighted by Gasteiger charge is 2.32. The molecular weight excluding hydrogens is 793 g/mol. The SMILES string of the molecule is [2H]c1c([2H])c([2H])c(-c2c(C#N)c(-c3c([2H])c([2H])c([2H])c([2H])c3[2H])c(-n3c4ccccc4c4ccc5c6ccccc6sc5c43)c(C#N)c2-n2c3ccccc3c3ccc4c5ccccc5sc4c32)c([2H])c1[2H]. The van der Waals surface area contributed by atoms with Gasteiger partial charge in [0.2, 0.25) is 0 Å². The van der Waals surface area contributed by atoms with Crippen LogP contribution in [0.15, 0.2) is 182 Å². The van der Waals surface area contributed by atoms with Crippen molar-refractivity contribution in [3.05, 3.63) is 193 Å². The van der Waals surface area contributed by atoms with Crippen molar-refractivity contribution in [2.75, 3.05) is 0 Å². The summed E-state index contributed by atoms with van der Waals surface area (Å²) >= 11 is 3.06. The van der Waals surface area contributed by atoms with Gasteiger partial charge in [0.05, 0.1) is 62.1 Å². The first-order valence-corrected chi connectivity index (χ1v) is 21.4. The summed E-state index contributed by atoms with van der Waals surface area (Å²) in [6, 6.07) is 37.2. The van der Waals surface area contributed by atoms with Crippen LogP contribution in [0.5, 0.6) is 0 Å². The van der Waals surface area contributed by atoms with Crippen LogP contribution in [0.3, 0.4) is 0 Å². The lowest BCUT2D eigenvalue weighted by atomic mass is 9.86. The number of rotatable bonds is 4. The molecular formula is C56H30N4S2. The van der Waals surface area contributed by atoms with E-state index in [1.165, 1.54) is 22.7 Å². The molecule has 4 heterocycles. The summed E-state index contributed by atoms with van der Waals surface area (Å²) in [4.78, 5) is 0. The maximum Gasteiger partial charge on any atom is 0.104 e. The molecule has 0 unspecified atom stereocenters. The van der Waals surface area contributed by atoms with Gasteiger partial charge in [0.15, 0.2) is 0 Å². The van der Waals surface area contributed by atoms with Crippen LogP contribution in [0.25, 0.3) is 118 Å². The smallest absolute Gasteiger partial charge is 0.104 e. The lowest BCUT2D eigenvalue weighted by Crippen LogP contribution is -2.11. The third-order valence-corrected chi connectivity index (χ3v) is 14.4. The van der Waals surface area contributed by atoms with Gasteiger partial charge in [0, 0.05) is 63.6 Å². The zero-order valence-corrected chi connectivity index (χ0v) is 33.8. The summed E-state index contributed by atoms with van der Waals surface area (Å²) in [6.45, 7) is 0. The molecule has 0 aliphatic heterocycles. The molecule has 0 bridgehead atoms. The Hall–Kier alpha value is -8.00. The first-order valence-electron chi connectivity index (χ1n) is 24.7. The molecule has 0 saturated carbocycles. The van der Waals surface area contributed by atoms with Gasteiger partial charge >= 0.3 is 0 Å². The third-order valence-electron chi connectivity index (χ3n) is 12.0. The molecule has 286 valence electrons. The fourth-order valence-electron chi connectivity index (χ4n) is 9.55. The molecule has 6 heteroatoms. The third kappa shape index (κ3) is 4.68. The normalized spacial score (nSPS) is 14.1. The zero-order valence-electron chi connectivity index (χ0n) is 42.2. The minimum Gasteiger partial charge on any atom is -0.306 e. The molecule has 0 spiro atoms. The Bertz CT molecular complexity index is 4400. The topological polar surface area (TPSA) is 57.4 Å². The van der Waals surface area contributed by atoms with E-state index < -0.39 is 71.6 Å². The maximum absolute atomic E-state index is 12.4. The predicted octanol–water partition coefficient (Wildman–Crippen LogP) is 15.7. The first-order chi connectivity index (χ1) is 34.9. The van der Waals surface area contributed by atoms with Gasteiger partial charge in [-0.15, -0.1) is 22.7 Å². The Morgan fingerprint density at radius 2 is 0.790 bits per heavy atom. The van der Waals surface area contributed by atoms with Gasteiger partial charge in [-0.1, -0.05) is 157 Å². The molecule has 0 fully saturated rings. The number of hydrogen-bond acceptors (Lipinski definition) is 4. The summed E-state index contributed by atoms with van der Waals surface area (Å²) in [5, 5.41) is 31.3. The molecule has 0 atom stereocenters. The van der Waals surface area contributed by atoms with E-state index in [1.807, 2.05) is 118 Å². The summed E-state index contributed by atoms with van der Waals surface area (Å²) in [5.74, 6) is 0. The Labute approximate surface area is 377 Å². The number of fused-ring (bicyclic) bond motifs is 14. The van der Waals surface area contributed by atoms with E-state index >= 15 is 0 Å². The number of nitriles is 2. The number of benzene rings is 9. The monoisotopic (exact) mass is 832 g/mol. The number of para-hydroxylation sites is 2. The average molecular weight is 833 g/mol. The van der Waals surface area contributed by atoms with Crippen LogP contribution in [0.1, 0.15) is 24.8 Å². The number of thiophene rings is 2. The van der Waals surface area contributed by atoms with Gasteiger partial charge in [-0.25, -0.2) is 0 Å². The largest absolute Gasteiger partial charge is 0.306 e. The Kier molecular flexibility index (Phi) is 5.61. The molecule has 0 radical (unpaired) electrons. The van der Waals surface area contributed by atoms with Crippen LogP contribution in [0.2, 0.25) is 0 Å². The number of nitrogens with zero attached hydrogens (tertiary/aromatic N) is 4. The van der Waals surface area contributed by atoms with Gasteiger partial charge in [0.1, 0.15) is 17.7 Å². The zero-order chi connectivity index (χ0) is 49.8. The standard InChI is InChI=1S/C56H30N4S2/c57-31-43-49(33-15-3-1-4-16-33)51(59-45-23-11-7-19-35(45)39-27-29-41-37-21-9-13-25-47(37)61-55(41)53(39)59)44(32-58)52(50(43)34-17-5-2-6-18-34)60-46-24-12-8-20-36(46)40-28-30-42-38-22-10-14-26-48(38)62-56(42)54(40)60/h1-30H/i1D,2D,3D,4D,5D,6D,15D,16D,17D,18D. The quantitative estimate of drug-likeness (QED) is 0.177. The van der Waals surface area contributed by atoms with Crippen molar-refractivity contribution in [3.8, 4) is 45.8 Å². The summed E-state index contributed by atoms with van der Waals surface area (Å²) in [7, 11) is 0. The van der Waals surface area contributed by atoms with Crippen LogP contribution in [0.4, 0.5) is 0 Å². The molecule has 13 rings (SSSR count). The average Bonchev–Trinajstić information content (AvgIpc) is 4.16. The molecule has 0 saturated heterocycles. The van der Waals surface area contributed by atoms with Crippen molar-refractivity contribution in [1.82, 2.24) is 9.13 Å². The van der Waals surface area contributed by atoms with Crippen molar-refractivity contribution >= 4 is 107 Å². The Morgan fingerprint density at radius 3 is 1.23 bits per heavy atom. The van der Waals surface area contributed by atoms with E-state index in [0.717, 1.165) is 61.9 Å². The second-order valence-electron chi connectivity index (χ2n) is 15.0. The second kappa shape index (κ2) is 13.3. The molecule has 13 aromatic rings. The lowest BCUT2D eigenvalue weighted by molar-refractivity contribution is 1.12. The molecule has 0 N–H and O–H groups in total. The van der Waals surface area contributed by atoms with Crippen LogP contribution in [0, 0.1) is 22.7 Å². The van der Waals surface area contributed by atoms with Crippen molar-refractivity contribution in [2.24, 2.45) is 0 Å². The van der Waals surface area contributed by atoms with Crippen LogP contribution in [-0.2, 0) is 0 Å². The lowest BCUT2D eigenvalue weighted by Gasteiger charge is -2.25. The highest BCUT2D eigenvalue weighted by molar-refractivity contribution is 7.27. The fraction of sp³-hybridized carbons (Fsp3) is 0. The maximum atomic E-state index is 12.4. The molecule has 4 aromatic heterocycles. The molecule has 0 amide bonds. The van der Waals surface area contributed by atoms with Gasteiger partial charge in [-0.05, 0) is 35.4 Å². The molecule has 62 heavy (non-hydrogen) atoms. The predicted molar refractivity (Wildman–Crippen MR) is 261 cm³/mol. The number of hydrogen-bond donors (Lipinski definition) is 0. The van der Waals surface area contributed by atoms with Gasteiger partial charge in [-0.3, -0.25) is 0 Å². The molecule has 0 aliphatic carbocycles. The van der Waals surface area contributed by atoms with Crippen LogP contribution < -0.4 is 0 Å². The second-order valence-corrected chi connectivity index (χ2v) is 17.1. The first kappa shape index (κ1) is 26.3. The highest BCUT2D eigenvalue weighted by atomic mass is 32.1. The van der Waals surface area contributed by atoms with E-state index in [1.54, 1.807) is 0 Å². The van der Waals surface area contributed by atoms with E-state index in [2.05, 4.69) is 24.3 Å². The van der Waals surface area contributed by atoms with Crippen LogP contribution >= 0.6 is 22.7 Å². The Morgan fingerprint density at radius 1 is 0.403 bits per heavy atom. The summed E-state index contributed by atoms with van der Waals surface area (Å²) < 4.78 is 99.2. The van der Waals surface area contributed by atoms with Crippen molar-refractivity contribution in [2.45, 2.75) is 0 Å². The Balaban J connectivity index is 1.39. The highest BCUT2D eigenvalue weighted by Crippen LogP contribution is 2.51. The van der Waals surface area contributed by atoms with E-state index in [9.17, 15) is 16.0 Å². The molecule has 0 aliphatic rings. The molecule has 9 aromatic carbocycles. The molecule has 4 nitrogen and oxygen atoms in total. The van der Waals surface area contributed by atoms with E-state index in [0.29, 0.717) is 22.1 Å². The number of aromatic nitrogens is 2.